The first-order valence-corrected chi connectivity index (χ1v) is 10.4. The maximum Gasteiger partial charge on any atom is 0.225 e. The summed E-state index contributed by atoms with van der Waals surface area (Å²) < 4.78 is 23.0. The van der Waals surface area contributed by atoms with E-state index in [4.69, 9.17) is 0 Å². The molecule has 2 aliphatic rings. The van der Waals surface area contributed by atoms with Crippen LogP contribution in [0.1, 0.15) is 31.2 Å². The Balaban J connectivity index is 1.48. The van der Waals surface area contributed by atoms with Crippen LogP contribution in [0.4, 0.5) is 0 Å². The molecule has 4 nitrogen and oxygen atoms in total. The minimum atomic E-state index is -2.89. The third-order valence-corrected chi connectivity index (χ3v) is 6.91. The molecule has 2 heterocycles. The van der Waals surface area contributed by atoms with Crippen LogP contribution in [0.5, 0.6) is 0 Å². The van der Waals surface area contributed by atoms with Crippen LogP contribution >= 0.6 is 0 Å². The van der Waals surface area contributed by atoms with Crippen LogP contribution in [0.25, 0.3) is 0 Å². The molecule has 23 heavy (non-hydrogen) atoms. The van der Waals surface area contributed by atoms with Crippen molar-refractivity contribution in [2.45, 2.75) is 32.1 Å². The highest BCUT2D eigenvalue weighted by atomic mass is 32.2. The van der Waals surface area contributed by atoms with Gasteiger partial charge in [0, 0.05) is 19.0 Å². The zero-order valence-electron chi connectivity index (χ0n) is 13.5. The van der Waals surface area contributed by atoms with Gasteiger partial charge in [-0.15, -0.1) is 0 Å². The summed E-state index contributed by atoms with van der Waals surface area (Å²) in [7, 11) is -2.89. The monoisotopic (exact) mass is 335 g/mol. The highest BCUT2D eigenvalue weighted by Crippen LogP contribution is 2.26. The molecule has 0 N–H and O–H groups in total. The van der Waals surface area contributed by atoms with Crippen molar-refractivity contribution in [3.8, 4) is 0 Å². The Bertz CT molecular complexity index is 619. The largest absolute Gasteiger partial charge is 0.342 e. The normalized spacial score (nSPS) is 22.9. The fourth-order valence-corrected chi connectivity index (χ4v) is 5.19. The highest BCUT2D eigenvalue weighted by Gasteiger charge is 2.32. The lowest BCUT2D eigenvalue weighted by Gasteiger charge is -2.35. The molecule has 2 aliphatic heterocycles. The van der Waals surface area contributed by atoms with Crippen molar-refractivity contribution in [2.75, 3.05) is 24.6 Å². The van der Waals surface area contributed by atoms with Crippen LogP contribution in [-0.4, -0.2) is 43.8 Å². The van der Waals surface area contributed by atoms with Crippen molar-refractivity contribution < 1.29 is 13.2 Å². The van der Waals surface area contributed by atoms with Crippen LogP contribution in [0.3, 0.4) is 0 Å². The molecule has 0 aliphatic carbocycles. The molecule has 0 radical (unpaired) electrons. The number of rotatable bonds is 3. The molecule has 5 heteroatoms. The van der Waals surface area contributed by atoms with Gasteiger partial charge in [0.1, 0.15) is 9.84 Å². The van der Waals surface area contributed by atoms with Gasteiger partial charge in [-0.2, -0.15) is 0 Å². The predicted octanol–water partition coefficient (Wildman–Crippen LogP) is 2.29. The fraction of sp³-hybridized carbons (Fsp3) is 0.611. The molecule has 0 spiro atoms. The van der Waals surface area contributed by atoms with Crippen molar-refractivity contribution in [1.82, 2.24) is 4.90 Å². The van der Waals surface area contributed by atoms with E-state index in [1.54, 1.807) is 0 Å². The van der Waals surface area contributed by atoms with Gasteiger partial charge < -0.3 is 4.90 Å². The number of benzene rings is 1. The molecular formula is C18H25NO3S. The van der Waals surface area contributed by atoms with Crippen LogP contribution in [0, 0.1) is 11.8 Å². The fourth-order valence-electron chi connectivity index (χ4n) is 3.70. The minimum absolute atomic E-state index is 0.0794. The predicted molar refractivity (Wildman–Crippen MR) is 90.8 cm³/mol. The summed E-state index contributed by atoms with van der Waals surface area (Å²) in [4.78, 5) is 14.5. The van der Waals surface area contributed by atoms with Gasteiger partial charge in [-0.05, 0) is 43.6 Å². The van der Waals surface area contributed by atoms with Gasteiger partial charge in [0.15, 0.2) is 0 Å². The topological polar surface area (TPSA) is 54.5 Å². The third-order valence-electron chi connectivity index (χ3n) is 5.20. The molecule has 126 valence electrons. The number of amides is 1. The van der Waals surface area contributed by atoms with Gasteiger partial charge in [-0.3, -0.25) is 4.79 Å². The van der Waals surface area contributed by atoms with Crippen molar-refractivity contribution in [3.05, 3.63) is 35.9 Å². The van der Waals surface area contributed by atoms with E-state index in [1.165, 1.54) is 5.56 Å². The SMILES string of the molecule is O=C(C1CCS(=O)(=O)CC1)N1CCC(Cc2ccccc2)CC1. The van der Waals surface area contributed by atoms with E-state index in [-0.39, 0.29) is 23.3 Å². The summed E-state index contributed by atoms with van der Waals surface area (Å²) in [5.74, 6) is 1.09. The van der Waals surface area contributed by atoms with Gasteiger partial charge in [0.05, 0.1) is 11.5 Å². The van der Waals surface area contributed by atoms with Crippen molar-refractivity contribution >= 4 is 15.7 Å². The van der Waals surface area contributed by atoms with Crippen LogP contribution in [-0.2, 0) is 21.1 Å². The highest BCUT2D eigenvalue weighted by molar-refractivity contribution is 7.91. The van der Waals surface area contributed by atoms with Crippen LogP contribution < -0.4 is 0 Å². The summed E-state index contributed by atoms with van der Waals surface area (Å²) in [6.45, 7) is 1.64. The van der Waals surface area contributed by atoms with E-state index < -0.39 is 9.84 Å². The number of hydrogen-bond acceptors (Lipinski definition) is 3. The smallest absolute Gasteiger partial charge is 0.225 e. The van der Waals surface area contributed by atoms with E-state index in [0.29, 0.717) is 18.8 Å². The standard InChI is InChI=1S/C18H25NO3S/c20-18(17-8-12-23(21,22)13-9-17)19-10-6-16(7-11-19)14-15-4-2-1-3-5-15/h1-5,16-17H,6-14H2. The Hall–Kier alpha value is -1.36. The van der Waals surface area contributed by atoms with E-state index in [1.807, 2.05) is 11.0 Å². The number of piperidine rings is 1. The number of likely N-dealkylation sites (tertiary alicyclic amines) is 1. The Morgan fingerprint density at radius 1 is 1.00 bits per heavy atom. The maximum atomic E-state index is 12.6. The molecule has 0 bridgehead atoms. The summed E-state index contributed by atoms with van der Waals surface area (Å²) in [6, 6.07) is 10.5. The number of hydrogen-bond donors (Lipinski definition) is 0. The summed E-state index contributed by atoms with van der Waals surface area (Å²) in [5, 5.41) is 0. The van der Waals surface area contributed by atoms with Gasteiger partial charge >= 0.3 is 0 Å². The molecule has 0 atom stereocenters. The van der Waals surface area contributed by atoms with E-state index in [9.17, 15) is 13.2 Å². The molecule has 1 amide bonds. The zero-order chi connectivity index (χ0) is 16.3. The Kier molecular flexibility index (Phi) is 5.05. The minimum Gasteiger partial charge on any atom is -0.342 e. The average Bonchev–Trinajstić information content (AvgIpc) is 2.56. The van der Waals surface area contributed by atoms with Crippen molar-refractivity contribution in [2.24, 2.45) is 11.8 Å². The number of carbonyl (C=O) groups excluding carboxylic acids is 1. The van der Waals surface area contributed by atoms with Gasteiger partial charge in [-0.25, -0.2) is 8.42 Å². The Morgan fingerprint density at radius 3 is 2.22 bits per heavy atom. The number of carbonyl (C=O) groups is 1. The second kappa shape index (κ2) is 7.04. The molecule has 0 aromatic heterocycles. The van der Waals surface area contributed by atoms with Crippen molar-refractivity contribution in [3.63, 3.8) is 0 Å². The lowest BCUT2D eigenvalue weighted by molar-refractivity contribution is -0.137. The average molecular weight is 335 g/mol. The second-order valence-corrected chi connectivity index (χ2v) is 9.19. The zero-order valence-corrected chi connectivity index (χ0v) is 14.3. The summed E-state index contributed by atoms with van der Waals surface area (Å²) in [5.41, 5.74) is 1.37. The number of sulfone groups is 1. The molecular weight excluding hydrogens is 310 g/mol. The van der Waals surface area contributed by atoms with E-state index in [2.05, 4.69) is 24.3 Å². The van der Waals surface area contributed by atoms with Gasteiger partial charge in [-0.1, -0.05) is 30.3 Å². The van der Waals surface area contributed by atoms with Gasteiger partial charge in [0.2, 0.25) is 5.91 Å². The molecule has 2 fully saturated rings. The summed E-state index contributed by atoms with van der Waals surface area (Å²) in [6.07, 6.45) is 4.19. The van der Waals surface area contributed by atoms with Crippen LogP contribution in [0.15, 0.2) is 30.3 Å². The van der Waals surface area contributed by atoms with E-state index in [0.717, 1.165) is 32.4 Å². The number of nitrogens with zero attached hydrogens (tertiary/aromatic N) is 1. The Morgan fingerprint density at radius 2 is 1.61 bits per heavy atom. The molecule has 1 aromatic carbocycles. The van der Waals surface area contributed by atoms with Gasteiger partial charge in [0.25, 0.3) is 0 Å². The molecule has 1 aromatic rings. The van der Waals surface area contributed by atoms with Crippen molar-refractivity contribution in [1.29, 1.82) is 0 Å². The van der Waals surface area contributed by atoms with Crippen LogP contribution in [0.2, 0.25) is 0 Å². The lowest BCUT2D eigenvalue weighted by Crippen LogP contribution is -2.44. The molecule has 0 unspecified atom stereocenters. The first kappa shape index (κ1) is 16.5. The molecule has 2 saturated heterocycles. The Labute approximate surface area is 138 Å². The molecule has 3 rings (SSSR count). The lowest BCUT2D eigenvalue weighted by atomic mass is 9.89. The molecule has 0 saturated carbocycles. The third kappa shape index (κ3) is 4.34. The second-order valence-electron chi connectivity index (χ2n) is 6.88. The summed E-state index contributed by atoms with van der Waals surface area (Å²) >= 11 is 0. The quantitative estimate of drug-likeness (QED) is 0.852. The van der Waals surface area contributed by atoms with E-state index >= 15 is 0 Å². The first-order chi connectivity index (χ1) is 11.0. The first-order valence-electron chi connectivity index (χ1n) is 8.57. The maximum absolute atomic E-state index is 12.6.